The SMILES string of the molecule is COCc1nc(NCCn2ccnn2)c2c(-c3ccccc3)csc2n1. The molecular formula is C18H18N6OS. The van der Waals surface area contributed by atoms with Crippen molar-refractivity contribution in [3.8, 4) is 11.1 Å². The topological polar surface area (TPSA) is 77.8 Å². The Morgan fingerprint density at radius 2 is 2.08 bits per heavy atom. The van der Waals surface area contributed by atoms with Crippen LogP contribution >= 0.6 is 11.3 Å². The molecule has 0 unspecified atom stereocenters. The monoisotopic (exact) mass is 366 g/mol. The van der Waals surface area contributed by atoms with Crippen LogP contribution in [0, 0.1) is 0 Å². The van der Waals surface area contributed by atoms with Crippen molar-refractivity contribution in [3.05, 3.63) is 53.9 Å². The Balaban J connectivity index is 1.70. The number of nitrogens with one attached hydrogen (secondary N) is 1. The van der Waals surface area contributed by atoms with Gasteiger partial charge in [0.25, 0.3) is 0 Å². The minimum Gasteiger partial charge on any atom is -0.377 e. The molecule has 1 aromatic carbocycles. The molecule has 0 bridgehead atoms. The second-order valence-corrected chi connectivity index (χ2v) is 6.57. The van der Waals surface area contributed by atoms with Crippen LogP contribution in [0.25, 0.3) is 21.3 Å². The Labute approximate surface area is 154 Å². The van der Waals surface area contributed by atoms with E-state index < -0.39 is 0 Å². The summed E-state index contributed by atoms with van der Waals surface area (Å²) in [5.41, 5.74) is 2.29. The normalized spacial score (nSPS) is 11.1. The van der Waals surface area contributed by atoms with E-state index in [2.05, 4.69) is 43.1 Å². The van der Waals surface area contributed by atoms with Crippen LogP contribution in [0.1, 0.15) is 5.82 Å². The lowest BCUT2D eigenvalue weighted by Crippen LogP contribution is -2.13. The van der Waals surface area contributed by atoms with E-state index in [1.54, 1.807) is 29.3 Å². The van der Waals surface area contributed by atoms with Gasteiger partial charge in [-0.1, -0.05) is 35.5 Å². The molecule has 0 aliphatic carbocycles. The molecule has 0 aliphatic rings. The van der Waals surface area contributed by atoms with Crippen molar-refractivity contribution >= 4 is 27.4 Å². The molecular weight excluding hydrogens is 348 g/mol. The summed E-state index contributed by atoms with van der Waals surface area (Å²) in [5, 5.41) is 14.4. The standard InChI is InChI=1S/C18H18N6OS/c1-25-11-15-21-17(19-7-9-24-10-8-20-23-24)16-14(12-26-18(16)22-15)13-5-3-2-4-6-13/h2-6,8,10,12H,7,9,11H2,1H3,(H,19,21,22). The minimum absolute atomic E-state index is 0.381. The molecule has 0 amide bonds. The van der Waals surface area contributed by atoms with Gasteiger partial charge in [-0.3, -0.25) is 4.68 Å². The largest absolute Gasteiger partial charge is 0.377 e. The predicted octanol–water partition coefficient (Wildman–Crippen LogP) is 3.21. The van der Waals surface area contributed by atoms with E-state index in [9.17, 15) is 0 Å². The number of fused-ring (bicyclic) bond motifs is 1. The molecule has 0 saturated heterocycles. The van der Waals surface area contributed by atoms with Gasteiger partial charge in [0.1, 0.15) is 17.3 Å². The summed E-state index contributed by atoms with van der Waals surface area (Å²) in [7, 11) is 1.65. The Morgan fingerprint density at radius 1 is 1.19 bits per heavy atom. The number of rotatable bonds is 7. The van der Waals surface area contributed by atoms with E-state index in [-0.39, 0.29) is 0 Å². The number of hydrogen-bond acceptors (Lipinski definition) is 7. The van der Waals surface area contributed by atoms with Crippen molar-refractivity contribution < 1.29 is 4.74 Å². The molecule has 4 aromatic rings. The van der Waals surface area contributed by atoms with Crippen LogP contribution in [-0.4, -0.2) is 38.6 Å². The van der Waals surface area contributed by atoms with Crippen molar-refractivity contribution in [1.82, 2.24) is 25.0 Å². The molecule has 1 N–H and O–H groups in total. The number of thiophene rings is 1. The smallest absolute Gasteiger partial charge is 0.158 e. The predicted molar refractivity (Wildman–Crippen MR) is 102 cm³/mol. The molecule has 0 fully saturated rings. The zero-order chi connectivity index (χ0) is 17.8. The third-order valence-electron chi connectivity index (χ3n) is 3.94. The molecule has 0 aliphatic heterocycles. The Bertz CT molecular complexity index is 984. The van der Waals surface area contributed by atoms with Gasteiger partial charge in [0, 0.05) is 30.8 Å². The lowest BCUT2D eigenvalue weighted by Gasteiger charge is -2.10. The summed E-state index contributed by atoms with van der Waals surface area (Å²) in [6, 6.07) is 10.3. The molecule has 0 spiro atoms. The molecule has 0 radical (unpaired) electrons. The Kier molecular flexibility index (Phi) is 4.85. The van der Waals surface area contributed by atoms with Gasteiger partial charge in [-0.05, 0) is 5.56 Å². The van der Waals surface area contributed by atoms with E-state index in [1.807, 2.05) is 24.4 Å². The zero-order valence-electron chi connectivity index (χ0n) is 14.3. The zero-order valence-corrected chi connectivity index (χ0v) is 15.1. The molecule has 0 atom stereocenters. The Hall–Kier alpha value is -2.84. The quantitative estimate of drug-likeness (QED) is 0.541. The van der Waals surface area contributed by atoms with Gasteiger partial charge in [-0.25, -0.2) is 9.97 Å². The molecule has 26 heavy (non-hydrogen) atoms. The summed E-state index contributed by atoms with van der Waals surface area (Å²) >= 11 is 1.62. The van der Waals surface area contributed by atoms with Crippen LogP contribution in [0.2, 0.25) is 0 Å². The van der Waals surface area contributed by atoms with Gasteiger partial charge in [0.2, 0.25) is 0 Å². The number of hydrogen-bond donors (Lipinski definition) is 1. The molecule has 4 rings (SSSR count). The summed E-state index contributed by atoms with van der Waals surface area (Å²) in [6.07, 6.45) is 3.51. The van der Waals surface area contributed by atoms with Gasteiger partial charge < -0.3 is 10.1 Å². The van der Waals surface area contributed by atoms with Crippen molar-refractivity contribution in [2.45, 2.75) is 13.2 Å². The van der Waals surface area contributed by atoms with E-state index in [1.165, 1.54) is 0 Å². The Morgan fingerprint density at radius 3 is 2.85 bits per heavy atom. The molecule has 3 aromatic heterocycles. The maximum Gasteiger partial charge on any atom is 0.158 e. The van der Waals surface area contributed by atoms with Crippen LogP contribution in [0.3, 0.4) is 0 Å². The fourth-order valence-corrected chi connectivity index (χ4v) is 3.74. The summed E-state index contributed by atoms with van der Waals surface area (Å²) in [5.74, 6) is 1.49. The second kappa shape index (κ2) is 7.59. The van der Waals surface area contributed by atoms with E-state index in [4.69, 9.17) is 4.74 Å². The molecule has 8 heteroatoms. The number of aromatic nitrogens is 5. The molecule has 0 saturated carbocycles. The van der Waals surface area contributed by atoms with E-state index in [0.717, 1.165) is 27.2 Å². The van der Waals surface area contributed by atoms with Crippen LogP contribution < -0.4 is 5.32 Å². The average molecular weight is 366 g/mol. The van der Waals surface area contributed by atoms with E-state index in [0.29, 0.717) is 25.5 Å². The first-order valence-electron chi connectivity index (χ1n) is 8.25. The second-order valence-electron chi connectivity index (χ2n) is 5.71. The van der Waals surface area contributed by atoms with Gasteiger partial charge >= 0.3 is 0 Å². The van der Waals surface area contributed by atoms with Crippen molar-refractivity contribution in [1.29, 1.82) is 0 Å². The highest BCUT2D eigenvalue weighted by Crippen LogP contribution is 2.36. The third-order valence-corrected chi connectivity index (χ3v) is 4.82. The molecule has 7 nitrogen and oxygen atoms in total. The van der Waals surface area contributed by atoms with Crippen LogP contribution in [-0.2, 0) is 17.9 Å². The highest BCUT2D eigenvalue weighted by Gasteiger charge is 2.15. The summed E-state index contributed by atoms with van der Waals surface area (Å²) < 4.78 is 7.00. The van der Waals surface area contributed by atoms with Gasteiger partial charge in [-0.2, -0.15) is 0 Å². The lowest BCUT2D eigenvalue weighted by atomic mass is 10.1. The summed E-state index contributed by atoms with van der Waals surface area (Å²) in [6.45, 7) is 1.77. The number of nitrogens with zero attached hydrogens (tertiary/aromatic N) is 5. The number of benzene rings is 1. The van der Waals surface area contributed by atoms with Crippen LogP contribution in [0.15, 0.2) is 48.1 Å². The highest BCUT2D eigenvalue weighted by atomic mass is 32.1. The fourth-order valence-electron chi connectivity index (χ4n) is 2.78. The van der Waals surface area contributed by atoms with Crippen molar-refractivity contribution in [2.24, 2.45) is 0 Å². The number of ether oxygens (including phenoxy) is 1. The van der Waals surface area contributed by atoms with Crippen molar-refractivity contribution in [2.75, 3.05) is 19.0 Å². The first-order chi connectivity index (χ1) is 12.8. The highest BCUT2D eigenvalue weighted by molar-refractivity contribution is 7.17. The average Bonchev–Trinajstić information content (AvgIpc) is 3.32. The number of anilines is 1. The van der Waals surface area contributed by atoms with Crippen molar-refractivity contribution in [3.63, 3.8) is 0 Å². The third kappa shape index (κ3) is 3.42. The van der Waals surface area contributed by atoms with Crippen LogP contribution in [0.4, 0.5) is 5.82 Å². The fraction of sp³-hybridized carbons (Fsp3) is 0.222. The summed E-state index contributed by atoms with van der Waals surface area (Å²) in [4.78, 5) is 10.3. The molecule has 132 valence electrons. The molecule has 3 heterocycles. The lowest BCUT2D eigenvalue weighted by molar-refractivity contribution is 0.178. The van der Waals surface area contributed by atoms with Gasteiger partial charge in [-0.15, -0.1) is 16.4 Å². The maximum absolute atomic E-state index is 5.22. The van der Waals surface area contributed by atoms with E-state index >= 15 is 0 Å². The maximum atomic E-state index is 5.22. The first-order valence-corrected chi connectivity index (χ1v) is 9.13. The first kappa shape index (κ1) is 16.6. The van der Waals surface area contributed by atoms with Gasteiger partial charge in [0.05, 0.1) is 18.1 Å². The van der Waals surface area contributed by atoms with Gasteiger partial charge in [0.15, 0.2) is 5.82 Å². The van der Waals surface area contributed by atoms with Crippen LogP contribution in [0.5, 0.6) is 0 Å². The number of methoxy groups -OCH3 is 1. The minimum atomic E-state index is 0.381.